The van der Waals surface area contributed by atoms with Crippen molar-refractivity contribution < 1.29 is 9.59 Å². The van der Waals surface area contributed by atoms with Crippen LogP contribution in [0.1, 0.15) is 16.7 Å². The van der Waals surface area contributed by atoms with Crippen LogP contribution in [0.4, 0.5) is 11.4 Å². The molecule has 1 saturated heterocycles. The molecule has 5 heteroatoms. The number of nitrogens with zero attached hydrogens (tertiary/aromatic N) is 1. The van der Waals surface area contributed by atoms with Crippen LogP contribution in [0, 0.1) is 13.8 Å². The van der Waals surface area contributed by atoms with Crippen LogP contribution in [-0.2, 0) is 14.5 Å². The van der Waals surface area contributed by atoms with Crippen LogP contribution in [0.25, 0.3) is 0 Å². The second kappa shape index (κ2) is 4.86. The van der Waals surface area contributed by atoms with Gasteiger partial charge in [-0.1, -0.05) is 35.9 Å². The van der Waals surface area contributed by atoms with Gasteiger partial charge in [0.15, 0.2) is 0 Å². The maximum atomic E-state index is 12.8. The highest BCUT2D eigenvalue weighted by atomic mass is 32.2. The predicted octanol–water partition coefficient (Wildman–Crippen LogP) is 3.19. The van der Waals surface area contributed by atoms with Crippen LogP contribution in [-0.4, -0.2) is 17.6 Å². The molecule has 4 nitrogen and oxygen atoms in total. The minimum atomic E-state index is -0.992. The number of nitrogens with one attached hydrogen (secondary N) is 1. The lowest BCUT2D eigenvalue weighted by Gasteiger charge is -2.33. The van der Waals surface area contributed by atoms with Gasteiger partial charge in [-0.2, -0.15) is 0 Å². The predicted molar refractivity (Wildman–Crippen MR) is 92.6 cm³/mol. The molecule has 2 aliphatic heterocycles. The largest absolute Gasteiger partial charge is 0.323 e. The molecule has 0 aliphatic carbocycles. The summed E-state index contributed by atoms with van der Waals surface area (Å²) in [5.41, 5.74) is 4.58. The van der Waals surface area contributed by atoms with E-state index in [1.54, 1.807) is 4.90 Å². The van der Waals surface area contributed by atoms with E-state index in [0.717, 1.165) is 28.1 Å². The number of thioether (sulfide) groups is 1. The smallest absolute Gasteiger partial charge is 0.266 e. The molecule has 1 fully saturated rings. The van der Waals surface area contributed by atoms with Gasteiger partial charge in [-0.25, -0.2) is 0 Å². The quantitative estimate of drug-likeness (QED) is 0.876. The van der Waals surface area contributed by atoms with Crippen molar-refractivity contribution in [3.63, 3.8) is 0 Å². The minimum Gasteiger partial charge on any atom is -0.323 e. The first-order chi connectivity index (χ1) is 11.0. The van der Waals surface area contributed by atoms with E-state index in [4.69, 9.17) is 0 Å². The minimum absolute atomic E-state index is 0.0335. The topological polar surface area (TPSA) is 49.4 Å². The second-order valence-corrected chi connectivity index (χ2v) is 7.12. The maximum absolute atomic E-state index is 12.8. The summed E-state index contributed by atoms with van der Waals surface area (Å²) in [6.45, 7) is 4.00. The molecule has 4 rings (SSSR count). The van der Waals surface area contributed by atoms with Crippen LogP contribution >= 0.6 is 11.8 Å². The fraction of sp³-hybridized carbons (Fsp3) is 0.222. The molecule has 0 bridgehead atoms. The van der Waals surface area contributed by atoms with Crippen molar-refractivity contribution in [3.8, 4) is 0 Å². The van der Waals surface area contributed by atoms with Gasteiger partial charge in [-0.15, -0.1) is 11.8 Å². The summed E-state index contributed by atoms with van der Waals surface area (Å²) in [4.78, 5) is 26.2. The number of amides is 2. The van der Waals surface area contributed by atoms with Gasteiger partial charge in [0.1, 0.15) is 0 Å². The molecule has 1 unspecified atom stereocenters. The van der Waals surface area contributed by atoms with Crippen molar-refractivity contribution in [2.75, 3.05) is 16.0 Å². The summed E-state index contributed by atoms with van der Waals surface area (Å²) in [6, 6.07) is 13.6. The Kier molecular flexibility index (Phi) is 3.03. The Morgan fingerprint density at radius 2 is 1.91 bits per heavy atom. The lowest BCUT2D eigenvalue weighted by molar-refractivity contribution is -0.122. The number of para-hydroxylation sites is 1. The van der Waals surface area contributed by atoms with Crippen molar-refractivity contribution in [2.24, 2.45) is 0 Å². The highest BCUT2D eigenvalue weighted by Gasteiger charge is 2.58. The van der Waals surface area contributed by atoms with Crippen molar-refractivity contribution in [1.29, 1.82) is 0 Å². The van der Waals surface area contributed by atoms with E-state index in [1.165, 1.54) is 11.8 Å². The average Bonchev–Trinajstić information content (AvgIpc) is 3.00. The Morgan fingerprint density at radius 3 is 2.70 bits per heavy atom. The van der Waals surface area contributed by atoms with Gasteiger partial charge in [0.25, 0.3) is 5.91 Å². The van der Waals surface area contributed by atoms with Crippen molar-refractivity contribution in [2.45, 2.75) is 18.7 Å². The van der Waals surface area contributed by atoms with Crippen molar-refractivity contribution in [3.05, 3.63) is 59.2 Å². The Morgan fingerprint density at radius 1 is 1.13 bits per heavy atom. The van der Waals surface area contributed by atoms with Gasteiger partial charge in [-0.05, 0) is 31.5 Å². The molecule has 116 valence electrons. The number of hydrogen-bond donors (Lipinski definition) is 1. The van der Waals surface area contributed by atoms with Crippen LogP contribution < -0.4 is 10.2 Å². The Hall–Kier alpha value is -2.27. The summed E-state index contributed by atoms with van der Waals surface area (Å²) >= 11 is 1.39. The zero-order valence-electron chi connectivity index (χ0n) is 12.9. The molecule has 0 radical (unpaired) electrons. The number of hydrogen-bond acceptors (Lipinski definition) is 3. The number of anilines is 2. The second-order valence-electron chi connectivity index (χ2n) is 5.95. The molecule has 2 aliphatic rings. The summed E-state index contributed by atoms with van der Waals surface area (Å²) in [5, 5.41) is 2.93. The fourth-order valence-electron chi connectivity index (χ4n) is 3.41. The van der Waals surface area contributed by atoms with Crippen molar-refractivity contribution >= 4 is 35.0 Å². The highest BCUT2D eigenvalue weighted by molar-refractivity contribution is 8.02. The first-order valence-corrected chi connectivity index (χ1v) is 8.48. The lowest BCUT2D eigenvalue weighted by atomic mass is 10.0. The molecule has 2 heterocycles. The molecule has 23 heavy (non-hydrogen) atoms. The van der Waals surface area contributed by atoms with Crippen LogP contribution in [0.2, 0.25) is 0 Å². The van der Waals surface area contributed by atoms with Gasteiger partial charge in [0.2, 0.25) is 10.8 Å². The third-order valence-electron chi connectivity index (χ3n) is 4.41. The van der Waals surface area contributed by atoms with E-state index in [2.05, 4.69) is 5.32 Å². The van der Waals surface area contributed by atoms with Crippen LogP contribution in [0.5, 0.6) is 0 Å². The van der Waals surface area contributed by atoms with Gasteiger partial charge in [0, 0.05) is 16.9 Å². The zero-order valence-corrected chi connectivity index (χ0v) is 13.7. The van der Waals surface area contributed by atoms with E-state index in [-0.39, 0.29) is 11.8 Å². The summed E-state index contributed by atoms with van der Waals surface area (Å²) < 4.78 is 0. The molecule has 0 aromatic heterocycles. The molecular weight excluding hydrogens is 308 g/mol. The molecule has 1 N–H and O–H groups in total. The zero-order chi connectivity index (χ0) is 16.2. The molecule has 0 saturated carbocycles. The van der Waals surface area contributed by atoms with Gasteiger partial charge in [-0.3, -0.25) is 14.5 Å². The fourth-order valence-corrected chi connectivity index (χ4v) is 4.72. The first-order valence-electron chi connectivity index (χ1n) is 7.49. The SMILES string of the molecule is Cc1ccc(N2C(=O)CSC23C(=O)Nc2ccccc23)c(C)c1. The summed E-state index contributed by atoms with van der Waals surface area (Å²) in [7, 11) is 0. The monoisotopic (exact) mass is 324 g/mol. The van der Waals surface area contributed by atoms with E-state index >= 15 is 0 Å². The van der Waals surface area contributed by atoms with Gasteiger partial charge in [0.05, 0.1) is 5.75 Å². The standard InChI is InChI=1S/C18H16N2O2S/c1-11-7-8-15(12(2)9-11)20-16(21)10-23-18(20)13-5-3-4-6-14(13)19-17(18)22/h3-9H,10H2,1-2H3,(H,19,22). The number of fused-ring (bicyclic) bond motifs is 2. The lowest BCUT2D eigenvalue weighted by Crippen LogP contribution is -2.47. The van der Waals surface area contributed by atoms with Crippen LogP contribution in [0.15, 0.2) is 42.5 Å². The molecule has 2 amide bonds. The van der Waals surface area contributed by atoms with E-state index in [0.29, 0.717) is 5.75 Å². The summed E-state index contributed by atoms with van der Waals surface area (Å²) in [6.07, 6.45) is 0. The summed E-state index contributed by atoms with van der Waals surface area (Å²) in [5.74, 6) is 0.123. The van der Waals surface area contributed by atoms with Crippen molar-refractivity contribution in [1.82, 2.24) is 0 Å². The van der Waals surface area contributed by atoms with Gasteiger partial charge >= 0.3 is 0 Å². The first kappa shape index (κ1) is 14.3. The molecule has 2 aromatic carbocycles. The highest BCUT2D eigenvalue weighted by Crippen LogP contribution is 2.53. The third-order valence-corrected chi connectivity index (χ3v) is 5.81. The maximum Gasteiger partial charge on any atom is 0.266 e. The number of aryl methyl sites for hydroxylation is 2. The average molecular weight is 324 g/mol. The Labute approximate surface area is 138 Å². The van der Waals surface area contributed by atoms with E-state index in [1.807, 2.05) is 56.3 Å². The van der Waals surface area contributed by atoms with Crippen LogP contribution in [0.3, 0.4) is 0 Å². The molecule has 1 spiro atoms. The Bertz CT molecular complexity index is 849. The normalized spacial score (nSPS) is 22.6. The Balaban J connectivity index is 1.95. The number of carbonyl (C=O) groups excluding carboxylic acids is 2. The molecular formula is C18H16N2O2S. The molecule has 1 atom stereocenters. The number of carbonyl (C=O) groups is 2. The number of benzene rings is 2. The number of rotatable bonds is 1. The third kappa shape index (κ3) is 1.86. The van der Waals surface area contributed by atoms with Gasteiger partial charge < -0.3 is 5.32 Å². The van der Waals surface area contributed by atoms with E-state index in [9.17, 15) is 9.59 Å². The molecule has 2 aromatic rings. The van der Waals surface area contributed by atoms with E-state index < -0.39 is 4.87 Å².